The number of carbonyl (C=O) groups is 1. The molecule has 0 amide bonds. The lowest BCUT2D eigenvalue weighted by Gasteiger charge is -2.25. The molecule has 110 valence electrons. The van der Waals surface area contributed by atoms with Crippen molar-refractivity contribution in [1.82, 2.24) is 15.0 Å². The van der Waals surface area contributed by atoms with Gasteiger partial charge in [0.15, 0.2) is 5.69 Å². The summed E-state index contributed by atoms with van der Waals surface area (Å²) in [6, 6.07) is 0. The van der Waals surface area contributed by atoms with Crippen LogP contribution in [0.1, 0.15) is 62.6 Å². The molecule has 0 radical (unpaired) electrons. The Hall–Kier alpha value is -1.39. The average Bonchev–Trinajstić information content (AvgIpc) is 3.00. The van der Waals surface area contributed by atoms with Gasteiger partial charge in [-0.15, -0.1) is 5.10 Å². The minimum Gasteiger partial charge on any atom is -0.476 e. The molecule has 2 saturated carbocycles. The molecule has 2 aliphatic rings. The number of hydrogen-bond acceptors (Lipinski definition) is 3. The molecule has 1 aromatic rings. The fourth-order valence-electron chi connectivity index (χ4n) is 4.15. The van der Waals surface area contributed by atoms with E-state index in [-0.39, 0.29) is 11.1 Å². The standard InChI is InChI=1S/C15H23N3O2/c1-15(2,3)13-12(14(19)20)16-17-18(13)8-11-7-9-4-5-10(11)6-9/h9-11H,4-8H2,1-3H3,(H,19,20). The van der Waals surface area contributed by atoms with Gasteiger partial charge < -0.3 is 5.11 Å². The van der Waals surface area contributed by atoms with E-state index in [0.29, 0.717) is 5.92 Å². The van der Waals surface area contributed by atoms with Crippen LogP contribution in [-0.2, 0) is 12.0 Å². The van der Waals surface area contributed by atoms with E-state index < -0.39 is 5.97 Å². The van der Waals surface area contributed by atoms with Crippen LogP contribution in [-0.4, -0.2) is 26.1 Å². The zero-order valence-electron chi connectivity index (χ0n) is 12.5. The van der Waals surface area contributed by atoms with Crippen LogP contribution in [0.25, 0.3) is 0 Å². The van der Waals surface area contributed by atoms with Crippen molar-refractivity contribution in [3.63, 3.8) is 0 Å². The molecule has 0 saturated heterocycles. The predicted molar refractivity (Wildman–Crippen MR) is 74.6 cm³/mol. The molecular formula is C15H23N3O2. The van der Waals surface area contributed by atoms with Crippen LogP contribution < -0.4 is 0 Å². The van der Waals surface area contributed by atoms with Crippen molar-refractivity contribution in [2.24, 2.45) is 17.8 Å². The highest BCUT2D eigenvalue weighted by Crippen LogP contribution is 2.49. The normalized spacial score (nSPS) is 29.1. The van der Waals surface area contributed by atoms with Crippen molar-refractivity contribution in [3.8, 4) is 0 Å². The van der Waals surface area contributed by atoms with Crippen molar-refractivity contribution in [2.45, 2.75) is 58.4 Å². The van der Waals surface area contributed by atoms with E-state index in [1.54, 1.807) is 0 Å². The van der Waals surface area contributed by atoms with Gasteiger partial charge in [-0.1, -0.05) is 32.4 Å². The van der Waals surface area contributed by atoms with Crippen LogP contribution in [0.5, 0.6) is 0 Å². The highest BCUT2D eigenvalue weighted by molar-refractivity contribution is 5.86. The number of nitrogens with zero attached hydrogens (tertiary/aromatic N) is 3. The molecule has 2 fully saturated rings. The quantitative estimate of drug-likeness (QED) is 0.922. The summed E-state index contributed by atoms with van der Waals surface area (Å²) in [5, 5.41) is 17.3. The van der Waals surface area contributed by atoms with Crippen LogP contribution in [0.3, 0.4) is 0 Å². The maximum absolute atomic E-state index is 11.3. The van der Waals surface area contributed by atoms with Crippen LogP contribution in [0.2, 0.25) is 0 Å². The van der Waals surface area contributed by atoms with E-state index in [4.69, 9.17) is 0 Å². The van der Waals surface area contributed by atoms with E-state index >= 15 is 0 Å². The minimum absolute atomic E-state index is 0.112. The molecule has 5 heteroatoms. The lowest BCUT2D eigenvalue weighted by atomic mass is 9.87. The monoisotopic (exact) mass is 277 g/mol. The van der Waals surface area contributed by atoms with E-state index in [1.165, 1.54) is 25.7 Å². The van der Waals surface area contributed by atoms with Crippen LogP contribution in [0.15, 0.2) is 0 Å². The number of carboxylic acids is 1. The zero-order valence-corrected chi connectivity index (χ0v) is 12.5. The maximum Gasteiger partial charge on any atom is 0.358 e. The largest absolute Gasteiger partial charge is 0.476 e. The van der Waals surface area contributed by atoms with Gasteiger partial charge in [-0.3, -0.25) is 0 Å². The number of aromatic carboxylic acids is 1. The van der Waals surface area contributed by atoms with Crippen molar-refractivity contribution in [1.29, 1.82) is 0 Å². The number of aromatic nitrogens is 3. The van der Waals surface area contributed by atoms with Gasteiger partial charge in [0, 0.05) is 12.0 Å². The first kappa shape index (κ1) is 13.6. The Morgan fingerprint density at radius 2 is 2.10 bits per heavy atom. The third-order valence-electron chi connectivity index (χ3n) is 4.94. The lowest BCUT2D eigenvalue weighted by Crippen LogP contribution is -2.25. The summed E-state index contributed by atoms with van der Waals surface area (Å²) in [5.41, 5.74) is 0.614. The summed E-state index contributed by atoms with van der Waals surface area (Å²) < 4.78 is 1.86. The van der Waals surface area contributed by atoms with Gasteiger partial charge in [-0.2, -0.15) is 0 Å². The van der Waals surface area contributed by atoms with Crippen molar-refractivity contribution in [2.75, 3.05) is 0 Å². The zero-order chi connectivity index (χ0) is 14.5. The van der Waals surface area contributed by atoms with Crippen molar-refractivity contribution >= 4 is 5.97 Å². The summed E-state index contributed by atoms with van der Waals surface area (Å²) >= 11 is 0. The van der Waals surface area contributed by atoms with E-state index in [2.05, 4.69) is 10.3 Å². The Morgan fingerprint density at radius 3 is 2.60 bits per heavy atom. The fourth-order valence-corrected chi connectivity index (χ4v) is 4.15. The lowest BCUT2D eigenvalue weighted by molar-refractivity contribution is 0.0687. The Morgan fingerprint density at radius 1 is 1.35 bits per heavy atom. The van der Waals surface area contributed by atoms with Gasteiger partial charge >= 0.3 is 5.97 Å². The average molecular weight is 277 g/mol. The molecule has 0 spiro atoms. The molecule has 5 nitrogen and oxygen atoms in total. The van der Waals surface area contributed by atoms with Crippen LogP contribution in [0.4, 0.5) is 0 Å². The first-order chi connectivity index (χ1) is 9.36. The van der Waals surface area contributed by atoms with Crippen molar-refractivity contribution in [3.05, 3.63) is 11.4 Å². The smallest absolute Gasteiger partial charge is 0.358 e. The molecule has 3 atom stereocenters. The number of hydrogen-bond donors (Lipinski definition) is 1. The summed E-state index contributed by atoms with van der Waals surface area (Å²) in [7, 11) is 0. The molecule has 0 aromatic carbocycles. The molecule has 2 bridgehead atoms. The molecule has 1 heterocycles. The van der Waals surface area contributed by atoms with Gasteiger partial charge in [-0.05, 0) is 37.0 Å². The highest BCUT2D eigenvalue weighted by atomic mass is 16.4. The maximum atomic E-state index is 11.3. The molecule has 1 N–H and O–H groups in total. The Kier molecular flexibility index (Phi) is 3.10. The van der Waals surface area contributed by atoms with Gasteiger partial charge in [0.1, 0.15) is 0 Å². The van der Waals surface area contributed by atoms with E-state index in [0.717, 1.165) is 24.1 Å². The molecule has 3 unspecified atom stereocenters. The topological polar surface area (TPSA) is 68.0 Å². The van der Waals surface area contributed by atoms with E-state index in [9.17, 15) is 9.90 Å². The Bertz CT molecular complexity index is 530. The molecular weight excluding hydrogens is 254 g/mol. The van der Waals surface area contributed by atoms with Gasteiger partial charge in [-0.25, -0.2) is 9.48 Å². The van der Waals surface area contributed by atoms with Gasteiger partial charge in [0.05, 0.1) is 5.69 Å². The minimum atomic E-state index is -0.978. The number of carboxylic acid groups (broad SMARTS) is 1. The summed E-state index contributed by atoms with van der Waals surface area (Å²) in [6.45, 7) is 6.90. The van der Waals surface area contributed by atoms with Crippen LogP contribution >= 0.6 is 0 Å². The second-order valence-corrected chi connectivity index (χ2v) is 7.46. The SMILES string of the molecule is CC(C)(C)c1c(C(=O)O)nnn1CC1CC2CCC1C2. The van der Waals surface area contributed by atoms with Gasteiger partial charge in [0.25, 0.3) is 0 Å². The second kappa shape index (κ2) is 4.57. The second-order valence-electron chi connectivity index (χ2n) is 7.46. The summed E-state index contributed by atoms with van der Waals surface area (Å²) in [5.74, 6) is 1.38. The Labute approximate surface area is 119 Å². The molecule has 0 aliphatic heterocycles. The highest BCUT2D eigenvalue weighted by Gasteiger charge is 2.40. The summed E-state index contributed by atoms with van der Waals surface area (Å²) in [6.07, 6.45) is 5.35. The van der Waals surface area contributed by atoms with Gasteiger partial charge in [0.2, 0.25) is 0 Å². The van der Waals surface area contributed by atoms with Crippen molar-refractivity contribution < 1.29 is 9.90 Å². The molecule has 3 rings (SSSR count). The van der Waals surface area contributed by atoms with Crippen LogP contribution in [0, 0.1) is 17.8 Å². The molecule has 20 heavy (non-hydrogen) atoms. The molecule has 1 aromatic heterocycles. The fraction of sp³-hybridized carbons (Fsp3) is 0.800. The first-order valence-electron chi connectivity index (χ1n) is 7.53. The molecule has 2 aliphatic carbocycles. The number of rotatable bonds is 3. The predicted octanol–water partition coefficient (Wildman–Crippen LogP) is 2.71. The summed E-state index contributed by atoms with van der Waals surface area (Å²) in [4.78, 5) is 11.3. The Balaban J connectivity index is 1.88. The number of fused-ring (bicyclic) bond motifs is 2. The van der Waals surface area contributed by atoms with E-state index in [1.807, 2.05) is 25.5 Å². The first-order valence-corrected chi connectivity index (χ1v) is 7.53. The third kappa shape index (κ3) is 2.23. The third-order valence-corrected chi connectivity index (χ3v) is 4.94.